The molecular weight excluding hydrogens is 612 g/mol. The van der Waals surface area contributed by atoms with Gasteiger partial charge in [-0.3, -0.25) is 9.59 Å². The molecule has 144 valence electrons. The van der Waals surface area contributed by atoms with Crippen LogP contribution in [0.2, 0.25) is 0 Å². The van der Waals surface area contributed by atoms with Gasteiger partial charge >= 0.3 is 11.9 Å². The first-order chi connectivity index (χ1) is 12.5. The van der Waals surface area contributed by atoms with Crippen molar-refractivity contribution in [2.24, 2.45) is 0 Å². The molecule has 0 aromatic heterocycles. The van der Waals surface area contributed by atoms with Gasteiger partial charge in [0.2, 0.25) is 0 Å². The third kappa shape index (κ3) is 4.49. The van der Waals surface area contributed by atoms with Crippen LogP contribution in [0.3, 0.4) is 0 Å². The topological polar surface area (TPSA) is 74.6 Å². The summed E-state index contributed by atoms with van der Waals surface area (Å²) in [7, 11) is 0. The Kier molecular flexibility index (Phi) is 7.33. The second kappa shape index (κ2) is 8.76. The van der Waals surface area contributed by atoms with E-state index >= 15 is 0 Å². The van der Waals surface area contributed by atoms with Crippen molar-refractivity contribution in [3.05, 3.63) is 64.4 Å². The average molecular weight is 628 g/mol. The average Bonchev–Trinajstić information content (AvgIpc) is 2.49. The molecule has 0 saturated carbocycles. The lowest BCUT2D eigenvalue weighted by Crippen LogP contribution is -2.40. The van der Waals surface area contributed by atoms with Crippen LogP contribution in [-0.4, -0.2) is 22.2 Å². The maximum absolute atomic E-state index is 12.8. The molecule has 27 heavy (non-hydrogen) atoms. The number of aliphatic carboxylic acids is 2. The monoisotopic (exact) mass is 624 g/mol. The second-order valence-corrected chi connectivity index (χ2v) is 9.80. The normalized spacial score (nSPS) is 11.5. The second-order valence-electron chi connectivity index (χ2n) is 6.26. The summed E-state index contributed by atoms with van der Waals surface area (Å²) >= 11 is 13.9. The summed E-state index contributed by atoms with van der Waals surface area (Å²) in [6, 6.07) is 7.23. The minimum atomic E-state index is -1.54. The van der Waals surface area contributed by atoms with Crippen LogP contribution in [0.1, 0.15) is 35.1 Å². The maximum Gasteiger partial charge on any atom is 0.318 e. The first-order valence-electron chi connectivity index (χ1n) is 7.88. The van der Waals surface area contributed by atoms with Crippen molar-refractivity contribution in [1.29, 1.82) is 0 Å². The van der Waals surface area contributed by atoms with Crippen LogP contribution in [0.4, 0.5) is 0 Å². The minimum Gasteiger partial charge on any atom is -0.481 e. The molecule has 0 fully saturated rings. The molecule has 0 amide bonds. The molecule has 0 saturated heterocycles. The van der Waals surface area contributed by atoms with Gasteiger partial charge < -0.3 is 10.2 Å². The number of rotatable bonds is 6. The van der Waals surface area contributed by atoms with Crippen molar-refractivity contribution in [3.8, 4) is 0 Å². The maximum atomic E-state index is 12.8. The molecule has 2 aromatic carbocycles. The van der Waals surface area contributed by atoms with Gasteiger partial charge in [0.1, 0.15) is 5.41 Å². The number of halogens is 4. The molecule has 0 radical (unpaired) electrons. The molecule has 2 aromatic rings. The van der Waals surface area contributed by atoms with Crippen LogP contribution in [0.15, 0.2) is 42.2 Å². The number of hydrogen-bond acceptors (Lipinski definition) is 2. The first kappa shape index (κ1) is 22.6. The lowest BCUT2D eigenvalue weighted by atomic mass is 9.68. The molecule has 0 aliphatic heterocycles. The number of hydrogen-bond donors (Lipinski definition) is 2. The van der Waals surface area contributed by atoms with E-state index in [-0.39, 0.29) is 12.8 Å². The van der Waals surface area contributed by atoms with Crippen LogP contribution in [0, 0.1) is 13.8 Å². The van der Waals surface area contributed by atoms with Gasteiger partial charge in [-0.15, -0.1) is 0 Å². The van der Waals surface area contributed by atoms with Gasteiger partial charge in [-0.25, -0.2) is 0 Å². The molecule has 0 aliphatic rings. The summed E-state index contributed by atoms with van der Waals surface area (Å²) in [6.07, 6.45) is -0.365. The van der Waals surface area contributed by atoms with Crippen LogP contribution in [0.5, 0.6) is 0 Å². The van der Waals surface area contributed by atoms with Gasteiger partial charge in [-0.1, -0.05) is 63.7 Å². The Labute approximate surface area is 190 Å². The molecule has 8 heteroatoms. The number of benzene rings is 2. The zero-order valence-electron chi connectivity index (χ0n) is 14.4. The van der Waals surface area contributed by atoms with E-state index in [0.717, 1.165) is 20.1 Å². The van der Waals surface area contributed by atoms with Crippen molar-refractivity contribution in [3.63, 3.8) is 0 Å². The molecule has 4 nitrogen and oxygen atoms in total. The van der Waals surface area contributed by atoms with Gasteiger partial charge in [0.25, 0.3) is 0 Å². The van der Waals surface area contributed by atoms with E-state index in [9.17, 15) is 19.8 Å². The van der Waals surface area contributed by atoms with Gasteiger partial charge in [-0.2, -0.15) is 0 Å². The Balaban J connectivity index is 2.97. The van der Waals surface area contributed by atoms with Crippen LogP contribution in [0.25, 0.3) is 0 Å². The Morgan fingerprint density at radius 3 is 1.56 bits per heavy atom. The van der Waals surface area contributed by atoms with Crippen LogP contribution in [-0.2, 0) is 15.0 Å². The highest BCUT2D eigenvalue weighted by Crippen LogP contribution is 2.47. The van der Waals surface area contributed by atoms with Crippen LogP contribution < -0.4 is 0 Å². The summed E-state index contributed by atoms with van der Waals surface area (Å²) < 4.78 is 2.83. The van der Waals surface area contributed by atoms with Gasteiger partial charge in [0.05, 0.1) is 0 Å². The molecule has 0 aliphatic carbocycles. The molecule has 0 atom stereocenters. The fourth-order valence-electron chi connectivity index (χ4n) is 3.48. The molecule has 2 N–H and O–H groups in total. The van der Waals surface area contributed by atoms with E-state index in [1.165, 1.54) is 0 Å². The molecule has 0 heterocycles. The quantitative estimate of drug-likeness (QED) is 0.379. The molecule has 0 unspecified atom stereocenters. The van der Waals surface area contributed by atoms with Gasteiger partial charge in [-0.05, 0) is 66.8 Å². The van der Waals surface area contributed by atoms with Crippen molar-refractivity contribution in [2.45, 2.75) is 32.1 Å². The van der Waals surface area contributed by atoms with Gasteiger partial charge in [0.15, 0.2) is 0 Å². The van der Waals surface area contributed by atoms with Gasteiger partial charge in [0, 0.05) is 24.3 Å². The Morgan fingerprint density at radius 1 is 0.852 bits per heavy atom. The molecule has 0 bridgehead atoms. The number of aryl methyl sites for hydroxylation is 2. The summed E-state index contributed by atoms with van der Waals surface area (Å²) in [5, 5.41) is 19.7. The van der Waals surface area contributed by atoms with Crippen LogP contribution >= 0.6 is 63.7 Å². The predicted molar refractivity (Wildman–Crippen MR) is 118 cm³/mol. The summed E-state index contributed by atoms with van der Waals surface area (Å²) in [4.78, 5) is 24.1. The summed E-state index contributed by atoms with van der Waals surface area (Å²) in [6.45, 7) is 3.65. The fourth-order valence-corrected chi connectivity index (χ4v) is 7.03. The largest absolute Gasteiger partial charge is 0.481 e. The Bertz CT molecular complexity index is 820. The highest BCUT2D eigenvalue weighted by atomic mass is 79.9. The van der Waals surface area contributed by atoms with Crippen molar-refractivity contribution < 1.29 is 19.8 Å². The highest BCUT2D eigenvalue weighted by Gasteiger charge is 2.47. The lowest BCUT2D eigenvalue weighted by Gasteiger charge is -2.35. The third-order valence-corrected chi connectivity index (χ3v) is 6.60. The molecule has 0 spiro atoms. The Hall–Kier alpha value is -0.700. The zero-order chi connectivity index (χ0) is 20.5. The lowest BCUT2D eigenvalue weighted by molar-refractivity contribution is -0.143. The number of carboxylic acids is 2. The predicted octanol–water partition coefficient (Wildman–Crippen LogP) is 6.59. The van der Waals surface area contributed by atoms with E-state index in [4.69, 9.17) is 0 Å². The summed E-state index contributed by atoms with van der Waals surface area (Å²) in [5.41, 5.74) is 1.05. The van der Waals surface area contributed by atoms with E-state index in [1.54, 1.807) is 12.1 Å². The Morgan fingerprint density at radius 2 is 1.26 bits per heavy atom. The summed E-state index contributed by atoms with van der Waals surface area (Å²) in [5.74, 6) is -2.14. The van der Waals surface area contributed by atoms with Crippen molar-refractivity contribution in [2.75, 3.05) is 0 Å². The standard InChI is InChI=1S/C19H16Br4O4/c1-9-5-11(20)7-13(22)16(9)19(18(26)27,4-3-15(24)25)17-10(2)6-12(21)8-14(17)23/h5-8H,3-4H2,1-2H3,(H,24,25)(H,26,27). The molecule has 2 rings (SSSR count). The smallest absolute Gasteiger partial charge is 0.318 e. The first-order valence-corrected chi connectivity index (χ1v) is 11.0. The van der Waals surface area contributed by atoms with Crippen molar-refractivity contribution in [1.82, 2.24) is 0 Å². The minimum absolute atomic E-state index is 0.0835. The SMILES string of the molecule is Cc1cc(Br)cc(Br)c1C(CCC(=O)O)(C(=O)O)c1c(C)cc(Br)cc1Br. The zero-order valence-corrected chi connectivity index (χ0v) is 20.8. The fraction of sp³-hybridized carbons (Fsp3) is 0.263. The number of carbonyl (C=O) groups is 2. The van der Waals surface area contributed by atoms with E-state index in [0.29, 0.717) is 20.1 Å². The van der Waals surface area contributed by atoms with E-state index in [2.05, 4.69) is 63.7 Å². The highest BCUT2D eigenvalue weighted by molar-refractivity contribution is 9.11. The molecular formula is C19H16Br4O4. The third-order valence-electron chi connectivity index (χ3n) is 4.44. The van der Waals surface area contributed by atoms with E-state index in [1.807, 2.05) is 26.0 Å². The van der Waals surface area contributed by atoms with Crippen molar-refractivity contribution >= 4 is 75.7 Å². The number of carboxylic acid groups (broad SMARTS) is 2. The van der Waals surface area contributed by atoms with E-state index < -0.39 is 17.4 Å².